The molecule has 0 aliphatic rings. The van der Waals surface area contributed by atoms with Gasteiger partial charge in [0.2, 0.25) is 0 Å². The number of alkyl halides is 3. The zero-order valence-electron chi connectivity index (χ0n) is 9.36. The number of rotatable bonds is 11. The maximum absolute atomic E-state index is 12.4. The highest BCUT2D eigenvalue weighted by atomic mass is 35.5. The van der Waals surface area contributed by atoms with Crippen LogP contribution in [0.5, 0.6) is 0 Å². The Bertz CT molecular complexity index is 217. The number of hydrogen-bond acceptors (Lipinski definition) is 4. The Morgan fingerprint density at radius 1 is 1.00 bits per heavy atom. The van der Waals surface area contributed by atoms with E-state index in [1.807, 2.05) is 0 Å². The summed E-state index contributed by atoms with van der Waals surface area (Å²) in [5.41, 5.74) is 0. The van der Waals surface area contributed by atoms with Crippen molar-refractivity contribution in [3.05, 3.63) is 0 Å². The molecule has 0 unspecified atom stereocenters. The van der Waals surface area contributed by atoms with Crippen molar-refractivity contribution in [3.8, 4) is 0 Å². The molecule has 1 atom stereocenters. The average Bonchev–Trinajstić information content (AvgIpc) is 2.33. The first-order valence-corrected chi connectivity index (χ1v) is 8.17. The normalized spacial score (nSPS) is 15.1. The molecule has 0 rings (SSSR count). The molecule has 0 aromatic heterocycles. The molecule has 104 valence electrons. The minimum Gasteiger partial charge on any atom is -0.394 e. The van der Waals surface area contributed by atoms with Gasteiger partial charge in [-0.25, -0.2) is 9.24 Å². The monoisotopic (exact) mass is 327 g/mol. The van der Waals surface area contributed by atoms with Crippen LogP contribution in [0.1, 0.15) is 0 Å². The number of aliphatic hydroxyl groups is 1. The predicted molar refractivity (Wildman–Crippen MR) is 70.3 cm³/mol. The molecule has 17 heavy (non-hydrogen) atoms. The minimum absolute atomic E-state index is 0.0827. The van der Waals surface area contributed by atoms with E-state index < -0.39 is 7.75 Å². The second-order valence-electron chi connectivity index (χ2n) is 2.88. The maximum atomic E-state index is 12.4. The summed E-state index contributed by atoms with van der Waals surface area (Å²) in [6.45, 7) is 0.397. The van der Waals surface area contributed by atoms with E-state index >= 15 is 0 Å². The van der Waals surface area contributed by atoms with E-state index in [0.29, 0.717) is 13.1 Å². The van der Waals surface area contributed by atoms with Gasteiger partial charge in [-0.05, 0) is 0 Å². The largest absolute Gasteiger partial charge is 0.408 e. The minimum atomic E-state index is -3.48. The summed E-state index contributed by atoms with van der Waals surface area (Å²) in [7, 11) is -3.48. The lowest BCUT2D eigenvalue weighted by Crippen LogP contribution is -2.28. The van der Waals surface area contributed by atoms with Gasteiger partial charge in [0.05, 0.1) is 19.8 Å². The lowest BCUT2D eigenvalue weighted by atomic mass is 10.6. The second-order valence-corrected chi connectivity index (χ2v) is 6.03. The third kappa shape index (κ3) is 7.19. The number of hydrogen-bond donors (Lipinski definition) is 1. The van der Waals surface area contributed by atoms with Gasteiger partial charge in [0.25, 0.3) is 0 Å². The number of halogens is 3. The molecule has 5 nitrogen and oxygen atoms in total. The molecule has 0 fully saturated rings. The molecule has 0 bridgehead atoms. The third-order valence-corrected chi connectivity index (χ3v) is 4.31. The van der Waals surface area contributed by atoms with Crippen molar-refractivity contribution >= 4 is 42.5 Å². The Morgan fingerprint density at radius 3 is 1.94 bits per heavy atom. The summed E-state index contributed by atoms with van der Waals surface area (Å²) >= 11 is 16.7. The fourth-order valence-electron chi connectivity index (χ4n) is 1.06. The summed E-state index contributed by atoms with van der Waals surface area (Å²) in [6.07, 6.45) is 0. The zero-order chi connectivity index (χ0) is 13.1. The van der Waals surface area contributed by atoms with Crippen LogP contribution in [0, 0.1) is 0 Å². The van der Waals surface area contributed by atoms with Gasteiger partial charge in [-0.1, -0.05) is 0 Å². The van der Waals surface area contributed by atoms with Crippen molar-refractivity contribution < 1.29 is 18.7 Å². The molecular weight excluding hydrogens is 311 g/mol. The van der Waals surface area contributed by atoms with Gasteiger partial charge in [-0.15, -0.1) is 34.8 Å². The second kappa shape index (κ2) is 10.8. The highest BCUT2D eigenvalue weighted by Gasteiger charge is 2.32. The molecule has 0 aromatic rings. The van der Waals surface area contributed by atoms with Crippen molar-refractivity contribution in [3.63, 3.8) is 0 Å². The number of nitrogens with zero attached hydrogens (tertiary/aromatic N) is 1. The van der Waals surface area contributed by atoms with Crippen molar-refractivity contribution in [2.45, 2.75) is 0 Å². The third-order valence-electron chi connectivity index (χ3n) is 1.71. The van der Waals surface area contributed by atoms with Gasteiger partial charge in [-0.3, -0.25) is 9.05 Å². The lowest BCUT2D eigenvalue weighted by molar-refractivity contribution is 0.136. The van der Waals surface area contributed by atoms with Gasteiger partial charge in [-0.2, -0.15) is 0 Å². The molecule has 0 aliphatic heterocycles. The Hall–Kier alpha value is 0.940. The molecule has 0 aromatic carbocycles. The first kappa shape index (κ1) is 17.9. The predicted octanol–water partition coefficient (Wildman–Crippen LogP) is 2.14. The molecular formula is C8H17Cl3NO4P. The standard InChI is InChI=1S/C8H17Cl3NO4P/c9-1-4-12(5-2-10)17(14,15-7-3-11)16-8-6-13/h13H,1-8H2/t17-/m1/s1. The molecule has 0 radical (unpaired) electrons. The summed E-state index contributed by atoms with van der Waals surface area (Å²) in [5, 5.41) is 8.70. The Balaban J connectivity index is 4.62. The molecule has 0 heterocycles. The van der Waals surface area contributed by atoms with E-state index in [4.69, 9.17) is 49.0 Å². The molecule has 0 aliphatic carbocycles. The van der Waals surface area contributed by atoms with E-state index in [-0.39, 0.29) is 37.5 Å². The van der Waals surface area contributed by atoms with E-state index in [2.05, 4.69) is 0 Å². The van der Waals surface area contributed by atoms with Crippen molar-refractivity contribution in [2.75, 3.05) is 50.6 Å². The molecule has 0 amide bonds. The topological polar surface area (TPSA) is 59.0 Å². The fourth-order valence-corrected chi connectivity index (χ4v) is 3.61. The van der Waals surface area contributed by atoms with E-state index in [0.717, 1.165) is 0 Å². The van der Waals surface area contributed by atoms with Gasteiger partial charge >= 0.3 is 7.75 Å². The van der Waals surface area contributed by atoms with E-state index in [1.54, 1.807) is 0 Å². The Labute approximate surface area is 117 Å². The van der Waals surface area contributed by atoms with E-state index in [1.165, 1.54) is 4.67 Å². The van der Waals surface area contributed by atoms with Crippen LogP contribution in [0.25, 0.3) is 0 Å². The van der Waals surface area contributed by atoms with Crippen LogP contribution < -0.4 is 0 Å². The Morgan fingerprint density at radius 2 is 1.53 bits per heavy atom. The highest BCUT2D eigenvalue weighted by molar-refractivity contribution is 7.51. The summed E-state index contributed by atoms with van der Waals surface area (Å²) in [4.78, 5) is 0. The Kier molecular flexibility index (Phi) is 11.4. The van der Waals surface area contributed by atoms with Crippen molar-refractivity contribution in [1.29, 1.82) is 0 Å². The van der Waals surface area contributed by atoms with Crippen LogP contribution in [0.15, 0.2) is 0 Å². The van der Waals surface area contributed by atoms with Crippen LogP contribution in [-0.4, -0.2) is 60.3 Å². The zero-order valence-corrected chi connectivity index (χ0v) is 12.5. The van der Waals surface area contributed by atoms with Crippen LogP contribution in [0.3, 0.4) is 0 Å². The first-order chi connectivity index (χ1) is 8.14. The van der Waals surface area contributed by atoms with Crippen molar-refractivity contribution in [2.24, 2.45) is 0 Å². The maximum Gasteiger partial charge on any atom is 0.408 e. The molecule has 9 heteroatoms. The molecule has 0 saturated heterocycles. The van der Waals surface area contributed by atoms with Crippen LogP contribution in [-0.2, 0) is 13.6 Å². The van der Waals surface area contributed by atoms with Crippen molar-refractivity contribution in [1.82, 2.24) is 4.67 Å². The molecule has 0 spiro atoms. The molecule has 0 saturated carbocycles. The highest BCUT2D eigenvalue weighted by Crippen LogP contribution is 2.51. The van der Waals surface area contributed by atoms with Crippen LogP contribution in [0.4, 0.5) is 0 Å². The summed E-state index contributed by atoms with van der Waals surface area (Å²) in [5.74, 6) is 0.739. The first-order valence-electron chi connectivity index (χ1n) is 5.08. The quantitative estimate of drug-likeness (QED) is 0.465. The van der Waals surface area contributed by atoms with E-state index in [9.17, 15) is 4.57 Å². The smallest absolute Gasteiger partial charge is 0.394 e. The molecule has 1 N–H and O–H groups in total. The lowest BCUT2D eigenvalue weighted by Gasteiger charge is -2.28. The van der Waals surface area contributed by atoms with Crippen LogP contribution in [0.2, 0.25) is 0 Å². The SMILES string of the molecule is O=[P@@](OCCO)(OCCCl)N(CCCl)CCCl. The van der Waals surface area contributed by atoms with Gasteiger partial charge in [0, 0.05) is 30.7 Å². The van der Waals surface area contributed by atoms with Gasteiger partial charge < -0.3 is 5.11 Å². The average molecular weight is 329 g/mol. The fraction of sp³-hybridized carbons (Fsp3) is 1.00. The van der Waals surface area contributed by atoms with Crippen LogP contribution >= 0.6 is 42.5 Å². The van der Waals surface area contributed by atoms with Gasteiger partial charge in [0.1, 0.15) is 0 Å². The summed E-state index contributed by atoms with van der Waals surface area (Å²) < 4.78 is 24.1. The van der Waals surface area contributed by atoms with Gasteiger partial charge in [0.15, 0.2) is 0 Å². The summed E-state index contributed by atoms with van der Waals surface area (Å²) in [6, 6.07) is 0. The number of aliphatic hydroxyl groups excluding tert-OH is 1.